The lowest BCUT2D eigenvalue weighted by Gasteiger charge is -2.36. The summed E-state index contributed by atoms with van der Waals surface area (Å²) in [6, 6.07) is 0. The second kappa shape index (κ2) is 8.13. The molecule has 2 nitrogen and oxygen atoms in total. The van der Waals surface area contributed by atoms with Crippen molar-refractivity contribution < 1.29 is 9.53 Å². The van der Waals surface area contributed by atoms with Crippen molar-refractivity contribution in [2.75, 3.05) is 13.2 Å². The fourth-order valence-corrected chi connectivity index (χ4v) is 2.69. The Kier molecular flexibility index (Phi) is 8.07. The number of hydrogen-bond acceptors (Lipinski definition) is 2. The Bertz CT molecular complexity index is 231. The van der Waals surface area contributed by atoms with Crippen molar-refractivity contribution in [2.45, 2.75) is 64.6 Å². The minimum Gasteiger partial charge on any atom is -0.417 e. The van der Waals surface area contributed by atoms with Crippen LogP contribution in [-0.4, -0.2) is 26.6 Å². The molecular weight excluding hydrogens is 240 g/mol. The zero-order valence-corrected chi connectivity index (χ0v) is 14.0. The molecule has 18 heavy (non-hydrogen) atoms. The van der Waals surface area contributed by atoms with Gasteiger partial charge >= 0.3 is 0 Å². The molecule has 0 bridgehead atoms. The fourth-order valence-electron chi connectivity index (χ4n) is 1.60. The van der Waals surface area contributed by atoms with Gasteiger partial charge < -0.3 is 9.53 Å². The second-order valence-electron chi connectivity index (χ2n) is 6.68. The first kappa shape index (κ1) is 17.9. The Balaban J connectivity index is 3.77. The SMILES string of the molecule is C=CC[C@H](CO)CCCCO[Si](C)(C)C(C)(C)C. The smallest absolute Gasteiger partial charge is 0.191 e. The number of aliphatic hydroxyl groups is 1. The summed E-state index contributed by atoms with van der Waals surface area (Å²) in [5, 5.41) is 9.47. The van der Waals surface area contributed by atoms with Gasteiger partial charge in [-0.3, -0.25) is 0 Å². The van der Waals surface area contributed by atoms with Gasteiger partial charge in [-0.2, -0.15) is 0 Å². The standard InChI is InChI=1S/C15H32O2Si/c1-7-10-14(13-16)11-8-9-12-17-18(5,6)15(2,3)4/h7,14,16H,1,8-13H2,2-6H3/t14-/m0/s1. The van der Waals surface area contributed by atoms with E-state index < -0.39 is 8.32 Å². The van der Waals surface area contributed by atoms with Crippen LogP contribution in [0.2, 0.25) is 18.1 Å². The highest BCUT2D eigenvalue weighted by atomic mass is 28.4. The summed E-state index contributed by atoms with van der Waals surface area (Å²) >= 11 is 0. The van der Waals surface area contributed by atoms with Crippen molar-refractivity contribution in [1.82, 2.24) is 0 Å². The maximum Gasteiger partial charge on any atom is 0.191 e. The molecule has 0 amide bonds. The molecule has 0 saturated carbocycles. The van der Waals surface area contributed by atoms with E-state index in [0.29, 0.717) is 11.0 Å². The van der Waals surface area contributed by atoms with Gasteiger partial charge in [0.25, 0.3) is 0 Å². The van der Waals surface area contributed by atoms with Gasteiger partial charge in [0.1, 0.15) is 0 Å². The highest BCUT2D eigenvalue weighted by Gasteiger charge is 2.36. The third-order valence-corrected chi connectivity index (χ3v) is 8.57. The average Bonchev–Trinajstić information content (AvgIpc) is 2.25. The number of allylic oxidation sites excluding steroid dienone is 1. The van der Waals surface area contributed by atoms with Crippen LogP contribution >= 0.6 is 0 Å². The van der Waals surface area contributed by atoms with E-state index in [-0.39, 0.29) is 6.61 Å². The van der Waals surface area contributed by atoms with E-state index in [9.17, 15) is 5.11 Å². The first-order valence-electron chi connectivity index (χ1n) is 7.10. The Hall–Kier alpha value is -0.123. The highest BCUT2D eigenvalue weighted by molar-refractivity contribution is 6.74. The molecule has 0 aliphatic rings. The van der Waals surface area contributed by atoms with E-state index in [2.05, 4.69) is 40.4 Å². The van der Waals surface area contributed by atoms with Crippen LogP contribution in [0.25, 0.3) is 0 Å². The van der Waals surface area contributed by atoms with Gasteiger partial charge in [-0.25, -0.2) is 0 Å². The first-order valence-corrected chi connectivity index (χ1v) is 10.0. The predicted octanol–water partition coefficient (Wildman–Crippen LogP) is 4.36. The Morgan fingerprint density at radius 1 is 1.28 bits per heavy atom. The molecule has 0 fully saturated rings. The summed E-state index contributed by atoms with van der Waals surface area (Å²) in [7, 11) is -1.57. The maximum atomic E-state index is 9.18. The summed E-state index contributed by atoms with van der Waals surface area (Å²) in [4.78, 5) is 0. The van der Waals surface area contributed by atoms with Crippen molar-refractivity contribution in [2.24, 2.45) is 5.92 Å². The van der Waals surface area contributed by atoms with Gasteiger partial charge in [-0.15, -0.1) is 6.58 Å². The second-order valence-corrected chi connectivity index (χ2v) is 11.5. The summed E-state index contributed by atoms with van der Waals surface area (Å²) in [6.07, 6.45) is 6.11. The largest absolute Gasteiger partial charge is 0.417 e. The van der Waals surface area contributed by atoms with Crippen LogP contribution in [0.1, 0.15) is 46.5 Å². The molecule has 0 saturated heterocycles. The lowest BCUT2D eigenvalue weighted by atomic mass is 10.00. The molecule has 3 heteroatoms. The summed E-state index contributed by atoms with van der Waals surface area (Å²) < 4.78 is 6.13. The molecule has 0 aliphatic heterocycles. The van der Waals surface area contributed by atoms with Crippen LogP contribution in [0, 0.1) is 5.92 Å². The van der Waals surface area contributed by atoms with Gasteiger partial charge in [0, 0.05) is 13.2 Å². The summed E-state index contributed by atoms with van der Waals surface area (Å²) in [5.74, 6) is 0.385. The normalized spacial score (nSPS) is 14.6. The van der Waals surface area contributed by atoms with Gasteiger partial charge in [0.15, 0.2) is 8.32 Å². The van der Waals surface area contributed by atoms with Crippen molar-refractivity contribution in [3.8, 4) is 0 Å². The molecule has 1 N–H and O–H groups in total. The molecule has 108 valence electrons. The average molecular weight is 273 g/mol. The number of aliphatic hydroxyl groups excluding tert-OH is 1. The molecule has 0 heterocycles. The molecule has 0 radical (unpaired) electrons. The summed E-state index contributed by atoms with van der Waals surface area (Å²) in [6.45, 7) is 16.3. The van der Waals surface area contributed by atoms with Crippen molar-refractivity contribution >= 4 is 8.32 Å². The van der Waals surface area contributed by atoms with E-state index in [1.165, 1.54) is 0 Å². The van der Waals surface area contributed by atoms with Crippen LogP contribution in [0.15, 0.2) is 12.7 Å². The first-order chi connectivity index (χ1) is 8.24. The van der Waals surface area contributed by atoms with Crippen molar-refractivity contribution in [1.29, 1.82) is 0 Å². The van der Waals surface area contributed by atoms with Crippen LogP contribution in [0.3, 0.4) is 0 Å². The molecule has 0 aromatic heterocycles. The molecule has 1 atom stereocenters. The highest BCUT2D eigenvalue weighted by Crippen LogP contribution is 2.36. The van der Waals surface area contributed by atoms with Crippen molar-refractivity contribution in [3.63, 3.8) is 0 Å². The Labute approximate surface area is 115 Å². The lowest BCUT2D eigenvalue weighted by Crippen LogP contribution is -2.40. The number of rotatable bonds is 9. The predicted molar refractivity (Wildman–Crippen MR) is 82.4 cm³/mol. The number of hydrogen-bond donors (Lipinski definition) is 1. The van der Waals surface area contributed by atoms with Crippen LogP contribution in [0.4, 0.5) is 0 Å². The molecule has 0 aromatic carbocycles. The zero-order valence-electron chi connectivity index (χ0n) is 13.0. The van der Waals surface area contributed by atoms with Crippen LogP contribution < -0.4 is 0 Å². The van der Waals surface area contributed by atoms with Crippen molar-refractivity contribution in [3.05, 3.63) is 12.7 Å². The Morgan fingerprint density at radius 3 is 2.33 bits per heavy atom. The van der Waals surface area contributed by atoms with Gasteiger partial charge in [-0.1, -0.05) is 33.3 Å². The molecule has 0 spiro atoms. The molecule has 0 aromatic rings. The van der Waals surface area contributed by atoms with Gasteiger partial charge in [-0.05, 0) is 43.3 Å². The zero-order chi connectivity index (χ0) is 14.2. The number of unbranched alkanes of at least 4 members (excludes halogenated alkanes) is 1. The molecule has 0 aliphatic carbocycles. The van der Waals surface area contributed by atoms with E-state index in [1.54, 1.807) is 0 Å². The minimum atomic E-state index is -1.57. The third-order valence-electron chi connectivity index (χ3n) is 4.03. The monoisotopic (exact) mass is 272 g/mol. The van der Waals surface area contributed by atoms with E-state index in [1.807, 2.05) is 6.08 Å². The maximum absolute atomic E-state index is 9.18. The topological polar surface area (TPSA) is 29.5 Å². The quantitative estimate of drug-likeness (QED) is 0.384. The lowest BCUT2D eigenvalue weighted by molar-refractivity contribution is 0.211. The van der Waals surface area contributed by atoms with E-state index in [4.69, 9.17) is 4.43 Å². The van der Waals surface area contributed by atoms with E-state index >= 15 is 0 Å². The van der Waals surface area contributed by atoms with Crippen LogP contribution in [0.5, 0.6) is 0 Å². The molecule has 0 unspecified atom stereocenters. The summed E-state index contributed by atoms with van der Waals surface area (Å²) in [5.41, 5.74) is 0. The third kappa shape index (κ3) is 6.71. The fraction of sp³-hybridized carbons (Fsp3) is 0.867. The van der Waals surface area contributed by atoms with Gasteiger partial charge in [0.05, 0.1) is 0 Å². The Morgan fingerprint density at radius 2 is 1.89 bits per heavy atom. The van der Waals surface area contributed by atoms with E-state index in [0.717, 1.165) is 32.3 Å². The molecular formula is C15H32O2Si. The minimum absolute atomic E-state index is 0.273. The molecule has 0 rings (SSSR count). The van der Waals surface area contributed by atoms with Gasteiger partial charge in [0.2, 0.25) is 0 Å². The van der Waals surface area contributed by atoms with Crippen LogP contribution in [-0.2, 0) is 4.43 Å².